The van der Waals surface area contributed by atoms with E-state index in [4.69, 9.17) is 0 Å². The number of aliphatic carboxylic acids is 1. The third-order valence-corrected chi connectivity index (χ3v) is 4.13. The highest BCUT2D eigenvalue weighted by Gasteiger charge is 2.25. The number of amides is 1. The molecule has 0 radical (unpaired) electrons. The van der Waals surface area contributed by atoms with Crippen molar-refractivity contribution in [2.24, 2.45) is 5.92 Å². The fourth-order valence-electron chi connectivity index (χ4n) is 2.78. The van der Waals surface area contributed by atoms with E-state index in [-0.39, 0.29) is 12.3 Å². The van der Waals surface area contributed by atoms with Crippen LogP contribution in [0.2, 0.25) is 0 Å². The third-order valence-electron chi connectivity index (χ3n) is 4.13. The number of nitrogens with zero attached hydrogens (tertiary/aromatic N) is 2. The lowest BCUT2D eigenvalue weighted by Gasteiger charge is -2.23. The maximum Gasteiger partial charge on any atom is 0.308 e. The fraction of sp³-hybridized carbons (Fsp3) is 0.529. The lowest BCUT2D eigenvalue weighted by Crippen LogP contribution is -2.37. The Balaban J connectivity index is 1.88. The quantitative estimate of drug-likeness (QED) is 0.828. The van der Waals surface area contributed by atoms with Crippen LogP contribution in [-0.2, 0) is 9.59 Å². The number of carboxylic acid groups (broad SMARTS) is 1. The molecule has 126 valence electrons. The molecule has 1 fully saturated rings. The van der Waals surface area contributed by atoms with Gasteiger partial charge in [0.25, 0.3) is 0 Å². The van der Waals surface area contributed by atoms with Gasteiger partial charge >= 0.3 is 5.97 Å². The van der Waals surface area contributed by atoms with Gasteiger partial charge in [-0.15, -0.1) is 0 Å². The number of likely N-dealkylation sites (N-methyl/N-ethyl adjacent to an activating group) is 1. The standard InChI is InChI=1S/C17H25N3O3/c1-19-8-5-9-20(11-10-19)13-14(17(22)23)12-16(21)18-15-6-3-2-4-7-15/h2-4,6-7,14H,5,8-13H2,1H3,(H,18,21)(H,22,23)/t14-/m1/s1. The molecule has 2 N–H and O–H groups in total. The first-order valence-corrected chi connectivity index (χ1v) is 8.03. The highest BCUT2D eigenvalue weighted by molar-refractivity contribution is 5.93. The Bertz CT molecular complexity index is 521. The number of rotatable bonds is 6. The summed E-state index contributed by atoms with van der Waals surface area (Å²) in [6.45, 7) is 4.12. The summed E-state index contributed by atoms with van der Waals surface area (Å²) in [5.41, 5.74) is 0.693. The van der Waals surface area contributed by atoms with E-state index >= 15 is 0 Å². The molecule has 0 aromatic heterocycles. The number of benzene rings is 1. The maximum atomic E-state index is 12.1. The zero-order valence-corrected chi connectivity index (χ0v) is 13.6. The molecule has 1 aromatic rings. The molecule has 1 aliphatic rings. The van der Waals surface area contributed by atoms with E-state index in [1.807, 2.05) is 18.2 Å². The van der Waals surface area contributed by atoms with Crippen LogP contribution in [0, 0.1) is 5.92 Å². The first-order valence-electron chi connectivity index (χ1n) is 8.03. The van der Waals surface area contributed by atoms with Crippen molar-refractivity contribution >= 4 is 17.6 Å². The summed E-state index contributed by atoms with van der Waals surface area (Å²) < 4.78 is 0. The molecule has 1 atom stereocenters. The molecule has 0 unspecified atom stereocenters. The van der Waals surface area contributed by atoms with E-state index in [0.29, 0.717) is 12.2 Å². The molecule has 23 heavy (non-hydrogen) atoms. The van der Waals surface area contributed by atoms with Crippen molar-refractivity contribution < 1.29 is 14.7 Å². The Kier molecular flexibility index (Phi) is 6.55. The van der Waals surface area contributed by atoms with Gasteiger partial charge in [0.15, 0.2) is 0 Å². The summed E-state index contributed by atoms with van der Waals surface area (Å²) in [6.07, 6.45) is 1.02. The second kappa shape index (κ2) is 8.64. The summed E-state index contributed by atoms with van der Waals surface area (Å²) >= 11 is 0. The van der Waals surface area contributed by atoms with Crippen LogP contribution in [0.1, 0.15) is 12.8 Å². The van der Waals surface area contributed by atoms with Crippen LogP contribution >= 0.6 is 0 Å². The van der Waals surface area contributed by atoms with Gasteiger partial charge in [0, 0.05) is 31.7 Å². The van der Waals surface area contributed by atoms with Crippen LogP contribution in [0.3, 0.4) is 0 Å². The third kappa shape index (κ3) is 6.00. The molecule has 1 heterocycles. The van der Waals surface area contributed by atoms with E-state index in [0.717, 1.165) is 32.6 Å². The first kappa shape index (κ1) is 17.4. The highest BCUT2D eigenvalue weighted by atomic mass is 16.4. The smallest absolute Gasteiger partial charge is 0.308 e. The van der Waals surface area contributed by atoms with Crippen LogP contribution in [0.4, 0.5) is 5.69 Å². The summed E-state index contributed by atoms with van der Waals surface area (Å²) in [7, 11) is 2.07. The molecule has 2 rings (SSSR count). The van der Waals surface area contributed by atoms with Crippen LogP contribution in [0.5, 0.6) is 0 Å². The average molecular weight is 319 g/mol. The van der Waals surface area contributed by atoms with E-state index in [1.54, 1.807) is 12.1 Å². The summed E-state index contributed by atoms with van der Waals surface area (Å²) in [6, 6.07) is 9.11. The maximum absolute atomic E-state index is 12.1. The minimum Gasteiger partial charge on any atom is -0.481 e. The number of carbonyl (C=O) groups excluding carboxylic acids is 1. The zero-order chi connectivity index (χ0) is 16.7. The van der Waals surface area contributed by atoms with Gasteiger partial charge < -0.3 is 20.2 Å². The second-order valence-corrected chi connectivity index (χ2v) is 6.11. The van der Waals surface area contributed by atoms with E-state index < -0.39 is 11.9 Å². The number of carboxylic acids is 1. The van der Waals surface area contributed by atoms with Crippen molar-refractivity contribution in [2.45, 2.75) is 12.8 Å². The van der Waals surface area contributed by atoms with E-state index in [1.165, 1.54) is 0 Å². The van der Waals surface area contributed by atoms with Crippen molar-refractivity contribution in [3.8, 4) is 0 Å². The second-order valence-electron chi connectivity index (χ2n) is 6.11. The predicted octanol–water partition coefficient (Wildman–Crippen LogP) is 1.35. The Hall–Kier alpha value is -1.92. The number of nitrogens with one attached hydrogen (secondary N) is 1. The molecule has 0 aliphatic carbocycles. The topological polar surface area (TPSA) is 72.9 Å². The van der Waals surface area contributed by atoms with Crippen molar-refractivity contribution in [3.05, 3.63) is 30.3 Å². The Morgan fingerprint density at radius 2 is 1.91 bits per heavy atom. The van der Waals surface area contributed by atoms with Crippen LogP contribution in [0.15, 0.2) is 30.3 Å². The summed E-state index contributed by atoms with van der Waals surface area (Å²) in [4.78, 5) is 28.0. The van der Waals surface area contributed by atoms with Gasteiger partial charge in [-0.25, -0.2) is 0 Å². The van der Waals surface area contributed by atoms with Crippen LogP contribution in [0.25, 0.3) is 0 Å². The Morgan fingerprint density at radius 1 is 1.17 bits per heavy atom. The minimum atomic E-state index is -0.911. The SMILES string of the molecule is CN1CCCN(C[C@@H](CC(=O)Nc2ccccc2)C(=O)O)CC1. The Morgan fingerprint density at radius 3 is 2.61 bits per heavy atom. The van der Waals surface area contributed by atoms with Crippen LogP contribution in [-0.4, -0.2) is 66.6 Å². The van der Waals surface area contributed by atoms with Gasteiger partial charge in [-0.2, -0.15) is 0 Å². The molecule has 6 nitrogen and oxygen atoms in total. The van der Waals surface area contributed by atoms with E-state index in [9.17, 15) is 14.7 Å². The summed E-state index contributed by atoms with van der Waals surface area (Å²) in [5.74, 6) is -1.84. The molecule has 0 saturated carbocycles. The number of anilines is 1. The lowest BCUT2D eigenvalue weighted by molar-refractivity contribution is -0.144. The van der Waals surface area contributed by atoms with Gasteiger partial charge in [0.05, 0.1) is 5.92 Å². The molecule has 6 heteroatoms. The van der Waals surface area contributed by atoms with E-state index in [2.05, 4.69) is 22.2 Å². The average Bonchev–Trinajstić information content (AvgIpc) is 2.72. The molecule has 1 aromatic carbocycles. The normalized spacial score (nSPS) is 18.1. The first-order chi connectivity index (χ1) is 11.0. The van der Waals surface area contributed by atoms with Crippen molar-refractivity contribution in [1.82, 2.24) is 9.80 Å². The van der Waals surface area contributed by atoms with Crippen molar-refractivity contribution in [1.29, 1.82) is 0 Å². The minimum absolute atomic E-state index is 0.00341. The van der Waals surface area contributed by atoms with Crippen LogP contribution < -0.4 is 5.32 Å². The van der Waals surface area contributed by atoms with Crippen molar-refractivity contribution in [2.75, 3.05) is 45.1 Å². The number of hydrogen-bond acceptors (Lipinski definition) is 4. The lowest BCUT2D eigenvalue weighted by atomic mass is 10.0. The number of carbonyl (C=O) groups is 2. The molecular weight excluding hydrogens is 294 g/mol. The van der Waals surface area contributed by atoms with Gasteiger partial charge in [0.1, 0.15) is 0 Å². The van der Waals surface area contributed by atoms with Gasteiger partial charge in [-0.1, -0.05) is 18.2 Å². The summed E-state index contributed by atoms with van der Waals surface area (Å²) in [5, 5.41) is 12.2. The number of para-hydroxylation sites is 1. The Labute approximate surface area is 137 Å². The van der Waals surface area contributed by atoms with Gasteiger partial charge in [-0.3, -0.25) is 9.59 Å². The van der Waals surface area contributed by atoms with Gasteiger partial charge in [-0.05, 0) is 38.7 Å². The monoisotopic (exact) mass is 319 g/mol. The molecule has 1 aliphatic heterocycles. The zero-order valence-electron chi connectivity index (χ0n) is 13.6. The molecule has 1 saturated heterocycles. The molecule has 0 bridgehead atoms. The van der Waals surface area contributed by atoms with Gasteiger partial charge in [0.2, 0.25) is 5.91 Å². The molecule has 1 amide bonds. The highest BCUT2D eigenvalue weighted by Crippen LogP contribution is 2.12. The predicted molar refractivity (Wildman–Crippen MR) is 89.4 cm³/mol. The molecule has 0 spiro atoms. The largest absolute Gasteiger partial charge is 0.481 e. The molecular formula is C17H25N3O3. The fourth-order valence-corrected chi connectivity index (χ4v) is 2.78. The van der Waals surface area contributed by atoms with Crippen molar-refractivity contribution in [3.63, 3.8) is 0 Å². The number of hydrogen-bond donors (Lipinski definition) is 2.